The second-order valence-corrected chi connectivity index (χ2v) is 7.38. The van der Waals surface area contributed by atoms with Crippen LogP contribution < -0.4 is 11.1 Å². The van der Waals surface area contributed by atoms with Crippen LogP contribution in [0.1, 0.15) is 36.3 Å². The van der Waals surface area contributed by atoms with Gasteiger partial charge in [-0.2, -0.15) is 0 Å². The lowest BCUT2D eigenvalue weighted by molar-refractivity contribution is -0.126. The maximum atomic E-state index is 12.2. The van der Waals surface area contributed by atoms with Crippen LogP contribution in [0, 0.1) is 6.92 Å². The fraction of sp³-hybridized carbons (Fsp3) is 0.444. The molecule has 122 valence electrons. The van der Waals surface area contributed by atoms with Gasteiger partial charge in [-0.3, -0.25) is 4.79 Å². The molecule has 5 heteroatoms. The zero-order valence-electron chi connectivity index (χ0n) is 13.5. The minimum absolute atomic E-state index is 0.00423. The molecule has 0 spiro atoms. The predicted molar refractivity (Wildman–Crippen MR) is 94.4 cm³/mol. The summed E-state index contributed by atoms with van der Waals surface area (Å²) >= 11 is 1.66. The molecule has 1 saturated carbocycles. The van der Waals surface area contributed by atoms with Gasteiger partial charge in [-0.1, -0.05) is 37.1 Å². The standard InChI is InChI=1S/C18H23N3OS/c1-13-21-16(12-23-13)15-6-4-14(5-7-15)8-11-20-17(22)18(19)9-2-3-10-18/h4-7,12H,2-3,8-11,19H2,1H3,(H,20,22). The fourth-order valence-electron chi connectivity index (χ4n) is 3.07. The Labute approximate surface area is 141 Å². The largest absolute Gasteiger partial charge is 0.354 e. The summed E-state index contributed by atoms with van der Waals surface area (Å²) in [7, 11) is 0. The average molecular weight is 329 g/mol. The van der Waals surface area contributed by atoms with Crippen LogP contribution in [0.15, 0.2) is 29.6 Å². The molecule has 0 saturated heterocycles. The summed E-state index contributed by atoms with van der Waals surface area (Å²) in [5.74, 6) is 0.00423. The fourth-order valence-corrected chi connectivity index (χ4v) is 3.69. The van der Waals surface area contributed by atoms with E-state index >= 15 is 0 Å². The number of thiazole rings is 1. The van der Waals surface area contributed by atoms with Crippen molar-refractivity contribution in [1.29, 1.82) is 0 Å². The molecule has 0 unspecified atom stereocenters. The monoisotopic (exact) mass is 329 g/mol. The van der Waals surface area contributed by atoms with Crippen molar-refractivity contribution in [3.63, 3.8) is 0 Å². The Morgan fingerprint density at radius 1 is 1.30 bits per heavy atom. The van der Waals surface area contributed by atoms with Crippen molar-refractivity contribution in [2.45, 2.75) is 44.6 Å². The van der Waals surface area contributed by atoms with Crippen LogP contribution in [-0.2, 0) is 11.2 Å². The Hall–Kier alpha value is -1.72. The minimum Gasteiger partial charge on any atom is -0.354 e. The highest BCUT2D eigenvalue weighted by molar-refractivity contribution is 7.09. The van der Waals surface area contributed by atoms with Crippen LogP contribution >= 0.6 is 11.3 Å². The number of aryl methyl sites for hydroxylation is 1. The lowest BCUT2D eigenvalue weighted by Gasteiger charge is -2.22. The molecule has 0 aliphatic heterocycles. The summed E-state index contributed by atoms with van der Waals surface area (Å²) in [6, 6.07) is 8.38. The molecule has 0 atom stereocenters. The van der Waals surface area contributed by atoms with Gasteiger partial charge in [0.15, 0.2) is 0 Å². The molecule has 3 rings (SSSR count). The van der Waals surface area contributed by atoms with Crippen LogP contribution in [0.25, 0.3) is 11.3 Å². The highest BCUT2D eigenvalue weighted by atomic mass is 32.1. The zero-order chi connectivity index (χ0) is 16.3. The van der Waals surface area contributed by atoms with E-state index in [1.807, 2.05) is 6.92 Å². The number of nitrogens with one attached hydrogen (secondary N) is 1. The molecule has 23 heavy (non-hydrogen) atoms. The number of carbonyl (C=O) groups excluding carboxylic acids is 1. The summed E-state index contributed by atoms with van der Waals surface area (Å²) in [4.78, 5) is 16.7. The molecule has 1 heterocycles. The number of hydrogen-bond donors (Lipinski definition) is 2. The normalized spacial score (nSPS) is 16.4. The lowest BCUT2D eigenvalue weighted by atomic mass is 9.98. The number of rotatable bonds is 5. The Kier molecular flexibility index (Phi) is 4.78. The third-order valence-corrected chi connectivity index (χ3v) is 5.29. The van der Waals surface area contributed by atoms with E-state index in [0.717, 1.165) is 48.4 Å². The minimum atomic E-state index is -0.633. The molecule has 1 fully saturated rings. The summed E-state index contributed by atoms with van der Waals surface area (Å²) in [6.45, 7) is 2.65. The molecule has 1 aromatic heterocycles. The van der Waals surface area contributed by atoms with Crippen molar-refractivity contribution < 1.29 is 4.79 Å². The average Bonchev–Trinajstić information content (AvgIpc) is 3.17. The van der Waals surface area contributed by atoms with E-state index in [1.165, 1.54) is 5.56 Å². The van der Waals surface area contributed by atoms with Crippen LogP contribution in [0.3, 0.4) is 0 Å². The van der Waals surface area contributed by atoms with E-state index in [1.54, 1.807) is 11.3 Å². The number of nitrogens with zero attached hydrogens (tertiary/aromatic N) is 1. The quantitative estimate of drug-likeness (QED) is 0.886. The first kappa shape index (κ1) is 16.1. The van der Waals surface area contributed by atoms with Gasteiger partial charge >= 0.3 is 0 Å². The summed E-state index contributed by atoms with van der Waals surface area (Å²) in [5, 5.41) is 6.14. The van der Waals surface area contributed by atoms with Crippen molar-refractivity contribution in [3.8, 4) is 11.3 Å². The zero-order valence-corrected chi connectivity index (χ0v) is 14.3. The predicted octanol–water partition coefficient (Wildman–Crippen LogP) is 3.05. The van der Waals surface area contributed by atoms with Crippen LogP contribution in [0.4, 0.5) is 0 Å². The number of benzene rings is 1. The highest BCUT2D eigenvalue weighted by Crippen LogP contribution is 2.27. The lowest BCUT2D eigenvalue weighted by Crippen LogP contribution is -2.52. The first-order chi connectivity index (χ1) is 11.1. The molecular weight excluding hydrogens is 306 g/mol. The van der Waals surface area contributed by atoms with Gasteiger partial charge < -0.3 is 11.1 Å². The molecule has 3 N–H and O–H groups in total. The molecule has 4 nitrogen and oxygen atoms in total. The Morgan fingerprint density at radius 2 is 2.00 bits per heavy atom. The summed E-state index contributed by atoms with van der Waals surface area (Å²) in [5.41, 5.74) is 8.88. The smallest absolute Gasteiger partial charge is 0.240 e. The number of amides is 1. The van der Waals surface area contributed by atoms with E-state index < -0.39 is 5.54 Å². The Morgan fingerprint density at radius 3 is 2.61 bits per heavy atom. The third-order valence-electron chi connectivity index (χ3n) is 4.52. The van der Waals surface area contributed by atoms with E-state index in [4.69, 9.17) is 5.73 Å². The van der Waals surface area contributed by atoms with Crippen molar-refractivity contribution in [1.82, 2.24) is 10.3 Å². The first-order valence-corrected chi connectivity index (χ1v) is 9.03. The summed E-state index contributed by atoms with van der Waals surface area (Å²) in [6.07, 6.45) is 4.54. The second kappa shape index (κ2) is 6.81. The Balaban J connectivity index is 1.52. The van der Waals surface area contributed by atoms with E-state index in [9.17, 15) is 4.79 Å². The van der Waals surface area contributed by atoms with Gasteiger partial charge in [-0.15, -0.1) is 11.3 Å². The molecule has 0 bridgehead atoms. The van der Waals surface area contributed by atoms with E-state index in [-0.39, 0.29) is 5.91 Å². The van der Waals surface area contributed by atoms with E-state index in [2.05, 4.69) is 39.9 Å². The molecule has 1 aromatic carbocycles. The third kappa shape index (κ3) is 3.79. The van der Waals surface area contributed by atoms with Crippen molar-refractivity contribution in [2.75, 3.05) is 6.54 Å². The molecule has 1 aliphatic rings. The topological polar surface area (TPSA) is 68.0 Å². The van der Waals surface area contributed by atoms with Gasteiger partial charge in [0.1, 0.15) is 0 Å². The number of aromatic nitrogens is 1. The maximum Gasteiger partial charge on any atom is 0.240 e. The summed E-state index contributed by atoms with van der Waals surface area (Å²) < 4.78 is 0. The van der Waals surface area contributed by atoms with Gasteiger partial charge in [0.25, 0.3) is 0 Å². The van der Waals surface area contributed by atoms with Crippen LogP contribution in [0.2, 0.25) is 0 Å². The molecule has 1 amide bonds. The number of nitrogens with two attached hydrogens (primary N) is 1. The number of carbonyl (C=O) groups is 1. The molecule has 1 aliphatic carbocycles. The van der Waals surface area contributed by atoms with Crippen molar-refractivity contribution in [2.24, 2.45) is 5.73 Å². The molecule has 2 aromatic rings. The Bertz CT molecular complexity index is 672. The van der Waals surface area contributed by atoms with Crippen molar-refractivity contribution in [3.05, 3.63) is 40.2 Å². The molecule has 0 radical (unpaired) electrons. The number of hydrogen-bond acceptors (Lipinski definition) is 4. The van der Waals surface area contributed by atoms with Gasteiger partial charge in [0, 0.05) is 17.5 Å². The maximum absolute atomic E-state index is 12.2. The van der Waals surface area contributed by atoms with Gasteiger partial charge in [-0.05, 0) is 31.7 Å². The highest BCUT2D eigenvalue weighted by Gasteiger charge is 2.36. The first-order valence-electron chi connectivity index (χ1n) is 8.15. The molecular formula is C18H23N3OS. The van der Waals surface area contributed by atoms with Gasteiger partial charge in [-0.25, -0.2) is 4.98 Å². The second-order valence-electron chi connectivity index (χ2n) is 6.32. The van der Waals surface area contributed by atoms with Crippen LogP contribution in [-0.4, -0.2) is 23.0 Å². The van der Waals surface area contributed by atoms with Crippen LogP contribution in [0.5, 0.6) is 0 Å². The van der Waals surface area contributed by atoms with Crippen molar-refractivity contribution >= 4 is 17.2 Å². The SMILES string of the molecule is Cc1nc(-c2ccc(CCNC(=O)C3(N)CCCC3)cc2)cs1. The van der Waals surface area contributed by atoms with E-state index in [0.29, 0.717) is 6.54 Å². The van der Waals surface area contributed by atoms with Gasteiger partial charge in [0.05, 0.1) is 16.2 Å². The van der Waals surface area contributed by atoms with Gasteiger partial charge in [0.2, 0.25) is 5.91 Å².